The van der Waals surface area contributed by atoms with Crippen LogP contribution in [0.2, 0.25) is 5.02 Å². The van der Waals surface area contributed by atoms with E-state index in [1.165, 1.54) is 12.1 Å². The normalized spacial score (nSPS) is 15.9. The van der Waals surface area contributed by atoms with Crippen LogP contribution in [0.15, 0.2) is 48.5 Å². The molecule has 0 bridgehead atoms. The van der Waals surface area contributed by atoms with Gasteiger partial charge in [-0.15, -0.1) is 0 Å². The third kappa shape index (κ3) is 5.21. The van der Waals surface area contributed by atoms with Crippen LogP contribution in [0.1, 0.15) is 18.5 Å². The molecule has 7 nitrogen and oxygen atoms in total. The standard InChI is InChI=1S/C20H23ClN4O3/c1-15(16-3-2-4-17(21)13-16)22-20(26)14-23-9-11-24(12-10-23)18-5-7-19(8-6-18)25(27)28/h2-8,13,15H,9-12,14H2,1H3,(H,22,26)/t15-/m1/s1. The summed E-state index contributed by atoms with van der Waals surface area (Å²) in [5.41, 5.74) is 2.03. The van der Waals surface area contributed by atoms with Crippen LogP contribution in [-0.4, -0.2) is 48.5 Å². The Bertz CT molecular complexity index is 836. The SMILES string of the molecule is C[C@@H](NC(=O)CN1CCN(c2ccc([N+](=O)[O-])cc2)CC1)c1cccc(Cl)c1. The zero-order valence-corrected chi connectivity index (χ0v) is 16.4. The summed E-state index contributed by atoms with van der Waals surface area (Å²) in [5.74, 6) is -0.0174. The highest BCUT2D eigenvalue weighted by Gasteiger charge is 2.20. The Hall–Kier alpha value is -2.64. The molecule has 1 heterocycles. The Labute approximate surface area is 169 Å². The molecular formula is C20H23ClN4O3. The maximum atomic E-state index is 12.4. The van der Waals surface area contributed by atoms with Gasteiger partial charge in [0.25, 0.3) is 5.69 Å². The highest BCUT2D eigenvalue weighted by molar-refractivity contribution is 6.30. The summed E-state index contributed by atoms with van der Waals surface area (Å²) in [7, 11) is 0. The maximum absolute atomic E-state index is 12.4. The van der Waals surface area contributed by atoms with E-state index in [0.717, 1.165) is 37.4 Å². The Morgan fingerprint density at radius 2 is 1.86 bits per heavy atom. The molecule has 0 unspecified atom stereocenters. The maximum Gasteiger partial charge on any atom is 0.269 e. The van der Waals surface area contributed by atoms with Crippen LogP contribution in [0.4, 0.5) is 11.4 Å². The summed E-state index contributed by atoms with van der Waals surface area (Å²) >= 11 is 6.01. The number of benzene rings is 2. The quantitative estimate of drug-likeness (QED) is 0.592. The number of hydrogen-bond acceptors (Lipinski definition) is 5. The van der Waals surface area contributed by atoms with Crippen molar-refractivity contribution >= 4 is 28.9 Å². The molecule has 1 atom stereocenters. The van der Waals surface area contributed by atoms with Gasteiger partial charge in [-0.2, -0.15) is 0 Å². The molecule has 28 heavy (non-hydrogen) atoms. The minimum Gasteiger partial charge on any atom is -0.369 e. The third-order valence-corrected chi connectivity index (χ3v) is 5.13. The minimum atomic E-state index is -0.398. The third-order valence-electron chi connectivity index (χ3n) is 4.89. The first-order valence-corrected chi connectivity index (χ1v) is 9.57. The molecular weight excluding hydrogens is 380 g/mol. The topological polar surface area (TPSA) is 78.7 Å². The van der Waals surface area contributed by atoms with E-state index in [1.54, 1.807) is 12.1 Å². The lowest BCUT2D eigenvalue weighted by Gasteiger charge is -2.35. The fraction of sp³-hybridized carbons (Fsp3) is 0.350. The smallest absolute Gasteiger partial charge is 0.269 e. The van der Waals surface area contributed by atoms with Crippen LogP contribution in [-0.2, 0) is 4.79 Å². The second-order valence-corrected chi connectivity index (χ2v) is 7.32. The zero-order valence-electron chi connectivity index (χ0n) is 15.7. The van der Waals surface area contributed by atoms with Gasteiger partial charge in [-0.3, -0.25) is 19.8 Å². The predicted molar refractivity (Wildman–Crippen MR) is 110 cm³/mol. The first kappa shape index (κ1) is 20.1. The molecule has 0 saturated carbocycles. The Morgan fingerprint density at radius 3 is 2.46 bits per heavy atom. The van der Waals surface area contributed by atoms with E-state index in [-0.39, 0.29) is 17.6 Å². The fourth-order valence-electron chi connectivity index (χ4n) is 3.30. The molecule has 2 aromatic rings. The van der Waals surface area contributed by atoms with Gasteiger partial charge in [0.1, 0.15) is 0 Å². The average Bonchev–Trinajstić information content (AvgIpc) is 2.68. The number of nitrogens with one attached hydrogen (secondary N) is 1. The van der Waals surface area contributed by atoms with E-state index < -0.39 is 4.92 Å². The molecule has 0 aliphatic carbocycles. The average molecular weight is 403 g/mol. The van der Waals surface area contributed by atoms with E-state index in [4.69, 9.17) is 11.6 Å². The number of carbonyl (C=O) groups excluding carboxylic acids is 1. The second-order valence-electron chi connectivity index (χ2n) is 6.88. The lowest BCUT2D eigenvalue weighted by molar-refractivity contribution is -0.384. The number of nitrogens with zero attached hydrogens (tertiary/aromatic N) is 3. The Balaban J connectivity index is 1.47. The summed E-state index contributed by atoms with van der Waals surface area (Å²) in [6.07, 6.45) is 0. The second kappa shape index (κ2) is 9.03. The lowest BCUT2D eigenvalue weighted by atomic mass is 10.1. The van der Waals surface area contributed by atoms with Crippen molar-refractivity contribution in [3.05, 3.63) is 69.2 Å². The largest absolute Gasteiger partial charge is 0.369 e. The van der Waals surface area contributed by atoms with Crippen molar-refractivity contribution in [3.8, 4) is 0 Å². The van der Waals surface area contributed by atoms with Gasteiger partial charge in [0.15, 0.2) is 0 Å². The molecule has 1 N–H and O–H groups in total. The van der Waals surface area contributed by atoms with Crippen LogP contribution in [0, 0.1) is 10.1 Å². The summed E-state index contributed by atoms with van der Waals surface area (Å²) in [6.45, 7) is 5.35. The van der Waals surface area contributed by atoms with E-state index in [0.29, 0.717) is 11.6 Å². The molecule has 0 aromatic heterocycles. The number of nitro groups is 1. The molecule has 0 spiro atoms. The highest BCUT2D eigenvalue weighted by Crippen LogP contribution is 2.21. The Kier molecular flexibility index (Phi) is 6.49. The van der Waals surface area contributed by atoms with Crippen molar-refractivity contribution in [1.82, 2.24) is 10.2 Å². The van der Waals surface area contributed by atoms with Crippen LogP contribution >= 0.6 is 11.6 Å². The number of nitro benzene ring substituents is 1. The molecule has 8 heteroatoms. The summed E-state index contributed by atoms with van der Waals surface area (Å²) in [5, 5.41) is 14.4. The Morgan fingerprint density at radius 1 is 1.18 bits per heavy atom. The molecule has 1 aliphatic heterocycles. The van der Waals surface area contributed by atoms with Gasteiger partial charge in [-0.1, -0.05) is 23.7 Å². The van der Waals surface area contributed by atoms with Crippen LogP contribution < -0.4 is 10.2 Å². The van der Waals surface area contributed by atoms with Gasteiger partial charge in [0.2, 0.25) is 5.91 Å². The van der Waals surface area contributed by atoms with Gasteiger partial charge >= 0.3 is 0 Å². The van der Waals surface area contributed by atoms with Crippen molar-refractivity contribution in [2.45, 2.75) is 13.0 Å². The van der Waals surface area contributed by atoms with Crippen molar-refractivity contribution in [3.63, 3.8) is 0 Å². The number of anilines is 1. The predicted octanol–water partition coefficient (Wildman–Crippen LogP) is 3.25. The van der Waals surface area contributed by atoms with E-state index in [1.807, 2.05) is 31.2 Å². The fourth-order valence-corrected chi connectivity index (χ4v) is 3.50. The molecule has 1 fully saturated rings. The lowest BCUT2D eigenvalue weighted by Crippen LogP contribution is -2.49. The van der Waals surface area contributed by atoms with Gasteiger partial charge in [-0.25, -0.2) is 0 Å². The van der Waals surface area contributed by atoms with Crippen LogP contribution in [0.3, 0.4) is 0 Å². The number of piperazine rings is 1. The number of rotatable bonds is 6. The van der Waals surface area contributed by atoms with E-state index in [9.17, 15) is 14.9 Å². The molecule has 2 aromatic carbocycles. The molecule has 3 rings (SSSR count). The van der Waals surface area contributed by atoms with E-state index in [2.05, 4.69) is 15.1 Å². The summed E-state index contributed by atoms with van der Waals surface area (Å²) in [6, 6.07) is 14.0. The monoisotopic (exact) mass is 402 g/mol. The van der Waals surface area contributed by atoms with Gasteiger partial charge in [0.05, 0.1) is 17.5 Å². The van der Waals surface area contributed by atoms with Crippen molar-refractivity contribution in [2.75, 3.05) is 37.6 Å². The highest BCUT2D eigenvalue weighted by atomic mass is 35.5. The number of non-ortho nitro benzene ring substituents is 1. The van der Waals surface area contributed by atoms with Gasteiger partial charge < -0.3 is 10.2 Å². The zero-order chi connectivity index (χ0) is 20.1. The summed E-state index contributed by atoms with van der Waals surface area (Å²) < 4.78 is 0. The van der Waals surface area contributed by atoms with Crippen molar-refractivity contribution in [2.24, 2.45) is 0 Å². The van der Waals surface area contributed by atoms with Crippen molar-refractivity contribution < 1.29 is 9.72 Å². The molecule has 1 amide bonds. The molecule has 1 aliphatic rings. The van der Waals surface area contributed by atoms with E-state index >= 15 is 0 Å². The molecule has 0 radical (unpaired) electrons. The number of halogens is 1. The minimum absolute atomic E-state index is 0.0174. The number of amides is 1. The first-order valence-electron chi connectivity index (χ1n) is 9.19. The van der Waals surface area contributed by atoms with Crippen molar-refractivity contribution in [1.29, 1.82) is 0 Å². The first-order chi connectivity index (χ1) is 13.4. The van der Waals surface area contributed by atoms with Crippen LogP contribution in [0.5, 0.6) is 0 Å². The summed E-state index contributed by atoms with van der Waals surface area (Å²) in [4.78, 5) is 27.0. The number of carbonyl (C=O) groups is 1. The number of hydrogen-bond donors (Lipinski definition) is 1. The van der Waals surface area contributed by atoms with Gasteiger partial charge in [0, 0.05) is 49.0 Å². The molecule has 1 saturated heterocycles. The molecule has 148 valence electrons. The van der Waals surface area contributed by atoms with Gasteiger partial charge in [-0.05, 0) is 36.8 Å². The van der Waals surface area contributed by atoms with Crippen LogP contribution in [0.25, 0.3) is 0 Å².